The van der Waals surface area contributed by atoms with Gasteiger partial charge in [-0.05, 0) is 102 Å². The van der Waals surface area contributed by atoms with Gasteiger partial charge in [-0.3, -0.25) is 0 Å². The average molecular weight is 654 g/mol. The molecular formula is C50H35N. The zero-order valence-electron chi connectivity index (χ0n) is 31.8. The molecule has 0 aliphatic carbocycles. The van der Waals surface area contributed by atoms with Crippen LogP contribution in [0.5, 0.6) is 0 Å². The van der Waals surface area contributed by atoms with Crippen molar-refractivity contribution in [1.29, 1.82) is 0 Å². The van der Waals surface area contributed by atoms with Crippen LogP contribution in [-0.4, -0.2) is 0 Å². The average Bonchev–Trinajstić information content (AvgIpc) is 3.25. The Balaban J connectivity index is 1.38. The van der Waals surface area contributed by atoms with Gasteiger partial charge in [0, 0.05) is 17.1 Å². The Morgan fingerprint density at radius 1 is 0.275 bits per heavy atom. The van der Waals surface area contributed by atoms with Gasteiger partial charge in [0.1, 0.15) is 0 Å². The predicted octanol–water partition coefficient (Wildman–Crippen LogP) is 14.1. The second-order valence-electron chi connectivity index (χ2n) is 12.5. The summed E-state index contributed by atoms with van der Waals surface area (Å²) in [5.41, 5.74) is 9.19. The van der Waals surface area contributed by atoms with E-state index in [9.17, 15) is 5.48 Å². The van der Waals surface area contributed by atoms with Crippen molar-refractivity contribution >= 4 is 38.6 Å². The van der Waals surface area contributed by atoms with Crippen molar-refractivity contribution in [2.75, 3.05) is 4.90 Å². The maximum atomic E-state index is 9.67. The highest BCUT2D eigenvalue weighted by Crippen LogP contribution is 2.49. The zero-order chi connectivity index (χ0) is 37.5. The van der Waals surface area contributed by atoms with E-state index < -0.39 is 0 Å². The minimum atomic E-state index is -0.110. The topological polar surface area (TPSA) is 3.24 Å². The third-order valence-electron chi connectivity index (χ3n) is 9.53. The monoisotopic (exact) mass is 653 g/mol. The Labute approximate surface area is 305 Å². The lowest BCUT2D eigenvalue weighted by molar-refractivity contribution is 1.28. The van der Waals surface area contributed by atoms with Crippen LogP contribution in [0.4, 0.5) is 17.1 Å². The molecule has 0 unspecified atom stereocenters. The maximum absolute atomic E-state index is 9.67. The molecule has 0 aliphatic heterocycles. The smallest absolute Gasteiger partial charge is 0.0645 e. The molecule has 9 aromatic carbocycles. The Hall–Kier alpha value is -6.70. The number of para-hydroxylation sites is 2. The van der Waals surface area contributed by atoms with Gasteiger partial charge < -0.3 is 4.90 Å². The third-order valence-corrected chi connectivity index (χ3v) is 9.53. The van der Waals surface area contributed by atoms with Crippen molar-refractivity contribution in [1.82, 2.24) is 0 Å². The van der Waals surface area contributed by atoms with E-state index in [1.54, 1.807) is 0 Å². The van der Waals surface area contributed by atoms with Gasteiger partial charge in [0.2, 0.25) is 0 Å². The van der Waals surface area contributed by atoms with E-state index in [1.807, 2.05) is 114 Å². The summed E-state index contributed by atoms with van der Waals surface area (Å²) in [4.78, 5) is 1.81. The van der Waals surface area contributed by atoms with Gasteiger partial charge in [0.05, 0.1) is 5.48 Å². The lowest BCUT2D eigenvalue weighted by Gasteiger charge is -2.26. The molecule has 0 amide bonds. The predicted molar refractivity (Wildman–Crippen MR) is 218 cm³/mol. The van der Waals surface area contributed by atoms with Crippen LogP contribution in [-0.2, 0) is 0 Å². The summed E-state index contributed by atoms with van der Waals surface area (Å²) in [6.45, 7) is 0. The number of anilines is 3. The van der Waals surface area contributed by atoms with Crippen LogP contribution >= 0.6 is 0 Å². The van der Waals surface area contributed by atoms with Crippen LogP contribution in [0.3, 0.4) is 0 Å². The van der Waals surface area contributed by atoms with Crippen LogP contribution in [0.15, 0.2) is 212 Å². The summed E-state index contributed by atoms with van der Waals surface area (Å²) in [7, 11) is 0. The highest BCUT2D eigenvalue weighted by molar-refractivity contribution is 6.23. The van der Waals surface area contributed by atoms with Gasteiger partial charge in [0.25, 0.3) is 0 Å². The Kier molecular flexibility index (Phi) is 6.84. The van der Waals surface area contributed by atoms with Gasteiger partial charge in [0.15, 0.2) is 0 Å². The molecule has 0 fully saturated rings. The quantitative estimate of drug-likeness (QED) is 0.155. The largest absolute Gasteiger partial charge is 0.311 e. The molecule has 51 heavy (non-hydrogen) atoms. The summed E-state index contributed by atoms with van der Waals surface area (Å²) in [6.07, 6.45) is 0. The lowest BCUT2D eigenvalue weighted by atomic mass is 9.81. The molecule has 0 heterocycles. The second kappa shape index (κ2) is 13.3. The van der Waals surface area contributed by atoms with Gasteiger partial charge in [-0.15, -0.1) is 0 Å². The summed E-state index contributed by atoms with van der Waals surface area (Å²) in [6, 6.07) is 62.6. The third kappa shape index (κ3) is 5.56. The molecule has 240 valence electrons. The van der Waals surface area contributed by atoms with Gasteiger partial charge in [-0.2, -0.15) is 0 Å². The first-order valence-corrected chi connectivity index (χ1v) is 17.2. The van der Waals surface area contributed by atoms with Gasteiger partial charge in [-0.25, -0.2) is 0 Å². The standard InChI is InChI=1S/C50H35N/c1-5-18-36(19-6-1)42-30-17-31-43(37-20-7-2-8-21-37)49(42)50-46-28-15-13-26-44(46)48(45-27-14-16-29-47(45)50)38-32-34-41(35-33-38)51(39-22-9-3-10-23-39)40-24-11-4-12-25-40/h1-35H/i32D,33D,34D,35D. The number of rotatable bonds is 7. The van der Waals surface area contributed by atoms with Crippen LogP contribution in [0.25, 0.3) is 66.1 Å². The number of benzene rings is 9. The minimum Gasteiger partial charge on any atom is -0.311 e. The molecule has 0 aliphatic rings. The van der Waals surface area contributed by atoms with Crippen molar-refractivity contribution in [2.24, 2.45) is 0 Å². The molecule has 1 heteroatoms. The van der Waals surface area contributed by atoms with Crippen LogP contribution in [0, 0.1) is 0 Å². The Morgan fingerprint density at radius 2 is 0.647 bits per heavy atom. The number of hydrogen-bond donors (Lipinski definition) is 0. The molecule has 0 saturated carbocycles. The lowest BCUT2D eigenvalue weighted by Crippen LogP contribution is -2.09. The molecule has 0 bridgehead atoms. The van der Waals surface area contributed by atoms with Crippen molar-refractivity contribution in [3.8, 4) is 44.5 Å². The Morgan fingerprint density at radius 3 is 1.08 bits per heavy atom. The SMILES string of the molecule is [2H]c1c([2H])c(N(c2ccccc2)c2ccccc2)c([2H])c([2H])c1-c1c2ccccc2c(-c2c(-c3ccccc3)cccc2-c2ccccc2)c2ccccc12. The van der Waals surface area contributed by atoms with Gasteiger partial charge in [-0.1, -0.05) is 176 Å². The molecule has 0 atom stereocenters. The summed E-state index contributed by atoms with van der Waals surface area (Å²) < 4.78 is 38.5. The highest BCUT2D eigenvalue weighted by Gasteiger charge is 2.22. The molecular weight excluding hydrogens is 615 g/mol. The molecule has 1 nitrogen and oxygen atoms in total. The van der Waals surface area contributed by atoms with Crippen molar-refractivity contribution < 1.29 is 5.48 Å². The van der Waals surface area contributed by atoms with E-state index in [1.165, 1.54) is 0 Å². The zero-order valence-corrected chi connectivity index (χ0v) is 27.8. The summed E-state index contributed by atoms with van der Waals surface area (Å²) >= 11 is 0. The fourth-order valence-electron chi connectivity index (χ4n) is 7.31. The molecule has 9 aromatic rings. The first-order valence-electron chi connectivity index (χ1n) is 19.2. The first kappa shape index (κ1) is 26.2. The maximum Gasteiger partial charge on any atom is 0.0645 e. The van der Waals surface area contributed by atoms with E-state index in [2.05, 4.69) is 78.9 Å². The fraction of sp³-hybridized carbons (Fsp3) is 0. The van der Waals surface area contributed by atoms with E-state index in [-0.39, 0.29) is 35.4 Å². The second-order valence-corrected chi connectivity index (χ2v) is 12.5. The van der Waals surface area contributed by atoms with Crippen LogP contribution < -0.4 is 4.90 Å². The summed E-state index contributed by atoms with van der Waals surface area (Å²) in [5, 5.41) is 3.64. The highest BCUT2D eigenvalue weighted by atomic mass is 15.1. The van der Waals surface area contributed by atoms with E-state index in [0.29, 0.717) is 5.56 Å². The first-order chi connectivity index (χ1) is 27.0. The Bertz CT molecular complexity index is 2660. The molecule has 0 radical (unpaired) electrons. The molecule has 0 spiro atoms. The molecule has 0 saturated heterocycles. The number of hydrogen-bond acceptors (Lipinski definition) is 1. The van der Waals surface area contributed by atoms with Crippen LogP contribution in [0.1, 0.15) is 5.48 Å². The number of nitrogens with zero attached hydrogens (tertiary/aromatic N) is 1. The normalized spacial score (nSPS) is 12.2. The fourth-order valence-corrected chi connectivity index (χ4v) is 7.31. The number of fused-ring (bicyclic) bond motifs is 2. The van der Waals surface area contributed by atoms with Crippen LogP contribution in [0.2, 0.25) is 0 Å². The van der Waals surface area contributed by atoms with Crippen molar-refractivity contribution in [3.63, 3.8) is 0 Å². The minimum absolute atomic E-state index is 0.0921. The summed E-state index contributed by atoms with van der Waals surface area (Å²) in [5.74, 6) is 0. The van der Waals surface area contributed by atoms with Crippen molar-refractivity contribution in [3.05, 3.63) is 212 Å². The van der Waals surface area contributed by atoms with Crippen molar-refractivity contribution in [2.45, 2.75) is 0 Å². The molecule has 0 aromatic heterocycles. The van der Waals surface area contributed by atoms with E-state index >= 15 is 0 Å². The van der Waals surface area contributed by atoms with E-state index in [0.717, 1.165) is 66.3 Å². The van der Waals surface area contributed by atoms with Gasteiger partial charge >= 0.3 is 0 Å². The van der Waals surface area contributed by atoms with E-state index in [4.69, 9.17) is 0 Å². The molecule has 0 N–H and O–H groups in total. The molecule has 9 rings (SSSR count).